The van der Waals surface area contributed by atoms with Crippen LogP contribution in [0.2, 0.25) is 0 Å². The van der Waals surface area contributed by atoms with Crippen molar-refractivity contribution in [2.75, 3.05) is 13.1 Å². The summed E-state index contributed by atoms with van der Waals surface area (Å²) in [6, 6.07) is 0. The molecule has 3 heteroatoms. The number of aliphatic hydroxyl groups excluding tert-OH is 1. The average molecular weight is 285 g/mol. The van der Waals surface area contributed by atoms with Crippen LogP contribution in [0.5, 0.6) is 0 Å². The lowest BCUT2D eigenvalue weighted by Gasteiger charge is -2.03. The van der Waals surface area contributed by atoms with Gasteiger partial charge in [0.2, 0.25) is 0 Å². The van der Waals surface area contributed by atoms with E-state index in [9.17, 15) is 0 Å². The summed E-state index contributed by atoms with van der Waals surface area (Å²) in [4.78, 5) is 0. The largest absolute Gasteiger partial charge is 0.368 e. The van der Waals surface area contributed by atoms with Crippen molar-refractivity contribution in [1.29, 1.82) is 0 Å². The highest BCUT2D eigenvalue weighted by Crippen LogP contribution is 2.10. The zero-order chi connectivity index (χ0) is 14.9. The smallest absolute Gasteiger partial charge is 0.154 e. The van der Waals surface area contributed by atoms with Gasteiger partial charge in [0, 0.05) is 13.0 Å². The zero-order valence-electron chi connectivity index (χ0n) is 13.3. The highest BCUT2D eigenvalue weighted by molar-refractivity contribution is 4.84. The minimum atomic E-state index is -1.21. The van der Waals surface area contributed by atoms with Crippen LogP contribution in [0.3, 0.4) is 0 Å². The maximum Gasteiger partial charge on any atom is 0.154 e. The van der Waals surface area contributed by atoms with Crippen LogP contribution >= 0.6 is 0 Å². The number of unbranched alkanes of at least 4 members (excludes halogenated alkanes) is 9. The van der Waals surface area contributed by atoms with Crippen molar-refractivity contribution in [2.45, 2.75) is 83.8 Å². The quantitative estimate of drug-likeness (QED) is 0.244. The van der Waals surface area contributed by atoms with Crippen LogP contribution in [0, 0.1) is 0 Å². The first-order valence-electron chi connectivity index (χ1n) is 8.49. The molecule has 3 N–H and O–H groups in total. The molecule has 0 amide bonds. The van der Waals surface area contributed by atoms with E-state index in [1.54, 1.807) is 6.08 Å². The Morgan fingerprint density at radius 2 is 1.35 bits per heavy atom. The normalized spacial score (nSPS) is 11.8. The Morgan fingerprint density at radius 1 is 0.800 bits per heavy atom. The van der Waals surface area contributed by atoms with Crippen LogP contribution in [-0.4, -0.2) is 29.6 Å². The monoisotopic (exact) mass is 285 g/mol. The van der Waals surface area contributed by atoms with Gasteiger partial charge in [-0.05, 0) is 13.0 Å². The zero-order valence-corrected chi connectivity index (χ0v) is 13.3. The van der Waals surface area contributed by atoms with Crippen LogP contribution in [0.1, 0.15) is 77.6 Å². The minimum absolute atomic E-state index is 0.319. The van der Waals surface area contributed by atoms with E-state index in [0.717, 1.165) is 13.1 Å². The third-order valence-electron chi connectivity index (χ3n) is 3.48. The Balaban J connectivity index is 3.01. The van der Waals surface area contributed by atoms with Crippen LogP contribution in [0.25, 0.3) is 0 Å². The molecular weight excluding hydrogens is 250 g/mol. The lowest BCUT2D eigenvalue weighted by Crippen LogP contribution is -2.15. The van der Waals surface area contributed by atoms with E-state index < -0.39 is 6.29 Å². The second-order valence-electron chi connectivity index (χ2n) is 5.57. The van der Waals surface area contributed by atoms with Gasteiger partial charge in [0.1, 0.15) is 0 Å². The van der Waals surface area contributed by atoms with Crippen molar-refractivity contribution in [3.05, 3.63) is 12.2 Å². The SMILES string of the molecule is CCCCCCCCCCCCNCC=CCC(O)O. The second kappa shape index (κ2) is 16.7. The average Bonchev–Trinajstić information content (AvgIpc) is 2.43. The Kier molecular flexibility index (Phi) is 16.4. The fourth-order valence-corrected chi connectivity index (χ4v) is 2.22. The molecule has 0 spiro atoms. The van der Waals surface area contributed by atoms with Crippen LogP contribution in [0.4, 0.5) is 0 Å². The maximum atomic E-state index is 8.64. The summed E-state index contributed by atoms with van der Waals surface area (Å²) in [6.45, 7) is 4.15. The fourth-order valence-electron chi connectivity index (χ4n) is 2.22. The molecule has 0 rings (SSSR count). The van der Waals surface area contributed by atoms with E-state index >= 15 is 0 Å². The molecule has 0 aliphatic heterocycles. The number of nitrogens with one attached hydrogen (secondary N) is 1. The molecule has 20 heavy (non-hydrogen) atoms. The van der Waals surface area contributed by atoms with Crippen molar-refractivity contribution >= 4 is 0 Å². The number of rotatable bonds is 15. The molecule has 0 saturated carbocycles. The van der Waals surface area contributed by atoms with E-state index in [4.69, 9.17) is 10.2 Å². The first-order chi connectivity index (χ1) is 9.77. The van der Waals surface area contributed by atoms with Crippen molar-refractivity contribution in [3.63, 3.8) is 0 Å². The van der Waals surface area contributed by atoms with E-state index in [0.29, 0.717) is 6.42 Å². The number of hydrogen-bond donors (Lipinski definition) is 3. The molecule has 0 heterocycles. The Labute approximate surface area is 125 Å². The van der Waals surface area contributed by atoms with Crippen LogP contribution in [0.15, 0.2) is 12.2 Å². The molecule has 3 nitrogen and oxygen atoms in total. The highest BCUT2D eigenvalue weighted by atomic mass is 16.5. The van der Waals surface area contributed by atoms with Crippen LogP contribution < -0.4 is 5.32 Å². The van der Waals surface area contributed by atoms with Gasteiger partial charge < -0.3 is 15.5 Å². The molecule has 0 aliphatic rings. The third kappa shape index (κ3) is 17.6. The summed E-state index contributed by atoms with van der Waals surface area (Å²) >= 11 is 0. The van der Waals surface area contributed by atoms with Gasteiger partial charge in [-0.15, -0.1) is 0 Å². The van der Waals surface area contributed by atoms with Gasteiger partial charge in [-0.3, -0.25) is 0 Å². The molecule has 0 unspecified atom stereocenters. The molecule has 0 saturated heterocycles. The summed E-state index contributed by atoms with van der Waals surface area (Å²) in [7, 11) is 0. The minimum Gasteiger partial charge on any atom is -0.368 e. The predicted molar refractivity (Wildman–Crippen MR) is 86.7 cm³/mol. The summed E-state index contributed by atoms with van der Waals surface area (Å²) < 4.78 is 0. The lowest BCUT2D eigenvalue weighted by molar-refractivity contribution is -0.0361. The van der Waals surface area contributed by atoms with Crippen molar-refractivity contribution < 1.29 is 10.2 Å². The summed E-state index contributed by atoms with van der Waals surface area (Å²) in [5.41, 5.74) is 0. The van der Waals surface area contributed by atoms with Gasteiger partial charge in [-0.25, -0.2) is 0 Å². The number of aliphatic hydroxyl groups is 2. The lowest BCUT2D eigenvalue weighted by atomic mass is 10.1. The molecule has 0 aliphatic carbocycles. The molecule has 0 aromatic rings. The van der Waals surface area contributed by atoms with Crippen molar-refractivity contribution in [2.24, 2.45) is 0 Å². The number of hydrogen-bond acceptors (Lipinski definition) is 3. The topological polar surface area (TPSA) is 52.5 Å². The molecule has 0 atom stereocenters. The van der Waals surface area contributed by atoms with Gasteiger partial charge >= 0.3 is 0 Å². The molecule has 0 fully saturated rings. The van der Waals surface area contributed by atoms with Gasteiger partial charge in [-0.2, -0.15) is 0 Å². The van der Waals surface area contributed by atoms with Crippen molar-refractivity contribution in [1.82, 2.24) is 5.32 Å². The van der Waals surface area contributed by atoms with E-state index in [2.05, 4.69) is 12.2 Å². The third-order valence-corrected chi connectivity index (χ3v) is 3.48. The molecule has 0 radical (unpaired) electrons. The van der Waals surface area contributed by atoms with E-state index in [1.165, 1.54) is 64.2 Å². The first kappa shape index (κ1) is 19.6. The van der Waals surface area contributed by atoms with E-state index in [-0.39, 0.29) is 0 Å². The highest BCUT2D eigenvalue weighted by Gasteiger charge is 1.93. The standard InChI is InChI=1S/C17H35NO2/c1-2-3-4-5-6-7-8-9-10-12-15-18-16-13-11-14-17(19)20/h11,13,17-20H,2-10,12,14-16H2,1H3. The van der Waals surface area contributed by atoms with Gasteiger partial charge in [0.05, 0.1) is 0 Å². The Bertz CT molecular complexity index is 205. The van der Waals surface area contributed by atoms with Gasteiger partial charge in [0.15, 0.2) is 6.29 Å². The molecule has 120 valence electrons. The Hall–Kier alpha value is -0.380. The van der Waals surface area contributed by atoms with E-state index in [1.807, 2.05) is 6.08 Å². The molecule has 0 bridgehead atoms. The molecule has 0 aromatic carbocycles. The van der Waals surface area contributed by atoms with Crippen molar-refractivity contribution in [3.8, 4) is 0 Å². The van der Waals surface area contributed by atoms with Crippen LogP contribution in [-0.2, 0) is 0 Å². The van der Waals surface area contributed by atoms with Gasteiger partial charge in [-0.1, -0.05) is 76.9 Å². The molecule has 0 aromatic heterocycles. The summed E-state index contributed by atoms with van der Waals surface area (Å²) in [6.07, 6.45) is 16.6. The summed E-state index contributed by atoms with van der Waals surface area (Å²) in [5.74, 6) is 0. The Morgan fingerprint density at radius 3 is 1.90 bits per heavy atom. The fraction of sp³-hybridized carbons (Fsp3) is 0.882. The predicted octanol–water partition coefficient (Wildman–Crippen LogP) is 3.75. The molecular formula is C17H35NO2. The maximum absolute atomic E-state index is 8.64. The van der Waals surface area contributed by atoms with Gasteiger partial charge in [0.25, 0.3) is 0 Å². The second-order valence-corrected chi connectivity index (χ2v) is 5.57. The summed E-state index contributed by atoms with van der Waals surface area (Å²) in [5, 5.41) is 20.6. The first-order valence-corrected chi connectivity index (χ1v) is 8.49.